The summed E-state index contributed by atoms with van der Waals surface area (Å²) in [5.74, 6) is 1.72. The molecule has 0 aliphatic heterocycles. The first-order valence-corrected chi connectivity index (χ1v) is 7.89. The lowest BCUT2D eigenvalue weighted by Gasteiger charge is -2.38. The van der Waals surface area contributed by atoms with Crippen molar-refractivity contribution in [2.45, 2.75) is 38.6 Å². The number of aromatic nitrogens is 2. The molecule has 4 heteroatoms. The molecule has 0 N–H and O–H groups in total. The van der Waals surface area contributed by atoms with Crippen molar-refractivity contribution < 1.29 is 0 Å². The van der Waals surface area contributed by atoms with Gasteiger partial charge in [0.2, 0.25) is 0 Å². The number of aryl methyl sites for hydroxylation is 1. The summed E-state index contributed by atoms with van der Waals surface area (Å²) in [7, 11) is 0. The molecule has 1 fully saturated rings. The van der Waals surface area contributed by atoms with Gasteiger partial charge in [0, 0.05) is 29.2 Å². The molecule has 1 aliphatic carbocycles. The number of hydrogen-bond acceptors (Lipinski definition) is 3. The van der Waals surface area contributed by atoms with Crippen LogP contribution >= 0.6 is 11.6 Å². The second kappa shape index (κ2) is 5.96. The van der Waals surface area contributed by atoms with E-state index in [1.807, 2.05) is 6.92 Å². The Bertz CT molecular complexity index is 595. The van der Waals surface area contributed by atoms with Crippen LogP contribution in [0, 0.1) is 6.92 Å². The van der Waals surface area contributed by atoms with E-state index >= 15 is 0 Å². The number of fused-ring (bicyclic) bond motifs is 1. The van der Waals surface area contributed by atoms with E-state index in [0.717, 1.165) is 24.5 Å². The van der Waals surface area contributed by atoms with Gasteiger partial charge in [0.1, 0.15) is 0 Å². The van der Waals surface area contributed by atoms with Gasteiger partial charge in [-0.1, -0.05) is 24.3 Å². The van der Waals surface area contributed by atoms with Crippen LogP contribution in [0.3, 0.4) is 0 Å². The monoisotopic (exact) mass is 289 g/mol. The summed E-state index contributed by atoms with van der Waals surface area (Å²) in [6, 6.07) is 9.03. The zero-order valence-corrected chi connectivity index (χ0v) is 12.6. The van der Waals surface area contributed by atoms with E-state index in [1.165, 1.54) is 30.0 Å². The molecule has 0 radical (unpaired) electrons. The second-order valence-corrected chi connectivity index (χ2v) is 5.85. The molecule has 0 atom stereocenters. The Morgan fingerprint density at radius 3 is 2.60 bits per heavy atom. The Hall–Kier alpha value is -1.35. The molecule has 1 heterocycles. The van der Waals surface area contributed by atoms with Crippen LogP contribution < -0.4 is 4.90 Å². The van der Waals surface area contributed by atoms with Gasteiger partial charge in [0.25, 0.3) is 0 Å². The van der Waals surface area contributed by atoms with Crippen LogP contribution in [0.1, 0.15) is 31.4 Å². The Morgan fingerprint density at radius 1 is 1.20 bits per heavy atom. The number of hydrogen-bond donors (Lipinski definition) is 0. The summed E-state index contributed by atoms with van der Waals surface area (Å²) in [6.45, 7) is 2.99. The highest BCUT2D eigenvalue weighted by molar-refractivity contribution is 6.17. The van der Waals surface area contributed by atoms with Crippen molar-refractivity contribution in [3.8, 4) is 0 Å². The standard InChI is InChI=1S/C16H20ClN3/c1-12-14-8-2-3-9-15(14)16(19-18-12)20(11-5-10-17)13-6-4-7-13/h2-3,8-9,13H,4-7,10-11H2,1H3. The molecule has 1 aromatic heterocycles. The molecule has 0 amide bonds. The fourth-order valence-corrected chi connectivity index (χ4v) is 2.95. The van der Waals surface area contributed by atoms with Crippen molar-refractivity contribution in [3.63, 3.8) is 0 Å². The molecule has 0 saturated heterocycles. The predicted molar refractivity (Wildman–Crippen MR) is 84.6 cm³/mol. The van der Waals surface area contributed by atoms with E-state index in [9.17, 15) is 0 Å². The van der Waals surface area contributed by atoms with Crippen LogP contribution in [0.25, 0.3) is 10.8 Å². The summed E-state index contributed by atoms with van der Waals surface area (Å²) in [5.41, 5.74) is 0.996. The van der Waals surface area contributed by atoms with Gasteiger partial charge in [-0.2, -0.15) is 5.10 Å². The van der Waals surface area contributed by atoms with Crippen LogP contribution in [0.15, 0.2) is 24.3 Å². The second-order valence-electron chi connectivity index (χ2n) is 5.48. The fourth-order valence-electron chi connectivity index (χ4n) is 2.83. The van der Waals surface area contributed by atoms with Gasteiger partial charge in [-0.25, -0.2) is 0 Å². The van der Waals surface area contributed by atoms with Crippen LogP contribution in [0.2, 0.25) is 0 Å². The van der Waals surface area contributed by atoms with E-state index in [1.54, 1.807) is 0 Å². The molecule has 1 saturated carbocycles. The zero-order chi connectivity index (χ0) is 13.9. The van der Waals surface area contributed by atoms with Gasteiger partial charge in [-0.15, -0.1) is 16.7 Å². The SMILES string of the molecule is Cc1nnc(N(CCCCl)C2CCC2)c2ccccc12. The average Bonchev–Trinajstić information content (AvgIpc) is 2.42. The summed E-state index contributed by atoms with van der Waals surface area (Å²) < 4.78 is 0. The average molecular weight is 290 g/mol. The van der Waals surface area contributed by atoms with Crippen molar-refractivity contribution in [2.24, 2.45) is 0 Å². The van der Waals surface area contributed by atoms with Crippen LogP contribution in [0.5, 0.6) is 0 Å². The quantitative estimate of drug-likeness (QED) is 0.781. The van der Waals surface area contributed by atoms with Gasteiger partial charge in [0.05, 0.1) is 5.69 Å². The minimum absolute atomic E-state index is 0.610. The molecule has 3 nitrogen and oxygen atoms in total. The normalized spacial score (nSPS) is 15.3. The van der Waals surface area contributed by atoms with Crippen molar-refractivity contribution in [3.05, 3.63) is 30.0 Å². The fraction of sp³-hybridized carbons (Fsp3) is 0.500. The number of rotatable bonds is 5. The number of anilines is 1. The maximum Gasteiger partial charge on any atom is 0.159 e. The van der Waals surface area contributed by atoms with Crippen LogP contribution in [-0.4, -0.2) is 28.7 Å². The molecule has 0 bridgehead atoms. The third-order valence-corrected chi connectivity index (χ3v) is 4.44. The summed E-state index contributed by atoms with van der Waals surface area (Å²) in [4.78, 5) is 2.42. The van der Waals surface area contributed by atoms with Gasteiger partial charge < -0.3 is 4.90 Å². The highest BCUT2D eigenvalue weighted by Crippen LogP contribution is 2.33. The number of nitrogens with zero attached hydrogens (tertiary/aromatic N) is 3. The Labute approximate surface area is 124 Å². The topological polar surface area (TPSA) is 29.0 Å². The third kappa shape index (κ3) is 2.47. The lowest BCUT2D eigenvalue weighted by Crippen LogP contribution is -2.41. The maximum atomic E-state index is 5.88. The minimum atomic E-state index is 0.610. The largest absolute Gasteiger partial charge is 0.352 e. The lowest BCUT2D eigenvalue weighted by molar-refractivity contribution is 0.384. The van der Waals surface area contributed by atoms with Gasteiger partial charge in [0.15, 0.2) is 5.82 Å². The molecule has 0 spiro atoms. The van der Waals surface area contributed by atoms with Crippen molar-refractivity contribution in [2.75, 3.05) is 17.3 Å². The maximum absolute atomic E-state index is 5.88. The lowest BCUT2D eigenvalue weighted by atomic mass is 9.91. The Balaban J connectivity index is 2.03. The van der Waals surface area contributed by atoms with E-state index < -0.39 is 0 Å². The molecular formula is C16H20ClN3. The van der Waals surface area contributed by atoms with Crippen molar-refractivity contribution in [1.29, 1.82) is 0 Å². The van der Waals surface area contributed by atoms with Crippen molar-refractivity contribution in [1.82, 2.24) is 10.2 Å². The van der Waals surface area contributed by atoms with Crippen molar-refractivity contribution >= 4 is 28.2 Å². The first-order valence-electron chi connectivity index (χ1n) is 7.36. The van der Waals surface area contributed by atoms with Gasteiger partial charge >= 0.3 is 0 Å². The number of halogens is 1. The highest BCUT2D eigenvalue weighted by atomic mass is 35.5. The predicted octanol–water partition coefficient (Wildman–Crippen LogP) is 3.93. The zero-order valence-electron chi connectivity index (χ0n) is 11.8. The molecule has 20 heavy (non-hydrogen) atoms. The number of benzene rings is 1. The molecule has 3 rings (SSSR count). The van der Waals surface area contributed by atoms with Crippen LogP contribution in [0.4, 0.5) is 5.82 Å². The molecular weight excluding hydrogens is 270 g/mol. The van der Waals surface area contributed by atoms with Gasteiger partial charge in [-0.05, 0) is 32.6 Å². The van der Waals surface area contributed by atoms with E-state index in [0.29, 0.717) is 11.9 Å². The molecule has 1 aromatic carbocycles. The Kier molecular flexibility index (Phi) is 4.06. The molecule has 2 aromatic rings. The molecule has 1 aliphatic rings. The third-order valence-electron chi connectivity index (χ3n) is 4.17. The van der Waals surface area contributed by atoms with Crippen LogP contribution in [-0.2, 0) is 0 Å². The summed E-state index contributed by atoms with van der Waals surface area (Å²) >= 11 is 5.88. The first-order chi connectivity index (χ1) is 9.81. The summed E-state index contributed by atoms with van der Waals surface area (Å²) in [6.07, 6.45) is 4.82. The van der Waals surface area contributed by atoms with E-state index in [4.69, 9.17) is 11.6 Å². The Morgan fingerprint density at radius 2 is 1.95 bits per heavy atom. The smallest absolute Gasteiger partial charge is 0.159 e. The van der Waals surface area contributed by atoms with Gasteiger partial charge in [-0.3, -0.25) is 0 Å². The van der Waals surface area contributed by atoms with E-state index in [2.05, 4.69) is 39.4 Å². The molecule has 0 unspecified atom stereocenters. The first kappa shape index (κ1) is 13.6. The highest BCUT2D eigenvalue weighted by Gasteiger charge is 2.27. The van der Waals surface area contributed by atoms with E-state index in [-0.39, 0.29) is 0 Å². The minimum Gasteiger partial charge on any atom is -0.352 e. The summed E-state index contributed by atoms with van der Waals surface area (Å²) in [5, 5.41) is 11.3. The number of alkyl halides is 1. The molecule has 106 valence electrons.